The van der Waals surface area contributed by atoms with E-state index in [4.69, 9.17) is 5.73 Å². The van der Waals surface area contributed by atoms with E-state index in [0.29, 0.717) is 6.04 Å². The maximum absolute atomic E-state index is 6.04. The summed E-state index contributed by atoms with van der Waals surface area (Å²) >= 11 is 0. The van der Waals surface area contributed by atoms with Crippen LogP contribution in [0.3, 0.4) is 0 Å². The van der Waals surface area contributed by atoms with Crippen LogP contribution in [0, 0.1) is 6.92 Å². The molecule has 1 aromatic rings. The van der Waals surface area contributed by atoms with Crippen molar-refractivity contribution in [2.75, 3.05) is 5.32 Å². The van der Waals surface area contributed by atoms with Gasteiger partial charge in [-0.2, -0.15) is 0 Å². The van der Waals surface area contributed by atoms with Gasteiger partial charge in [0.15, 0.2) is 0 Å². The van der Waals surface area contributed by atoms with Gasteiger partial charge in [0.2, 0.25) is 0 Å². The quantitative estimate of drug-likeness (QED) is 0.812. The highest BCUT2D eigenvalue weighted by molar-refractivity contribution is 5.41. The second kappa shape index (κ2) is 4.78. The van der Waals surface area contributed by atoms with E-state index < -0.39 is 0 Å². The van der Waals surface area contributed by atoms with Gasteiger partial charge in [0, 0.05) is 12.1 Å². The van der Waals surface area contributed by atoms with Crippen LogP contribution in [0.5, 0.6) is 0 Å². The van der Waals surface area contributed by atoms with Crippen molar-refractivity contribution >= 4 is 5.82 Å². The number of anilines is 1. The molecule has 16 heavy (non-hydrogen) atoms. The normalized spacial score (nSPS) is 24.7. The highest BCUT2D eigenvalue weighted by Crippen LogP contribution is 2.22. The van der Waals surface area contributed by atoms with E-state index in [1.807, 2.05) is 13.1 Å². The van der Waals surface area contributed by atoms with Crippen LogP contribution in [0.1, 0.15) is 37.6 Å². The van der Waals surface area contributed by atoms with E-state index in [0.717, 1.165) is 36.5 Å². The fourth-order valence-corrected chi connectivity index (χ4v) is 2.24. The van der Waals surface area contributed by atoms with Crippen LogP contribution >= 0.6 is 0 Å². The van der Waals surface area contributed by atoms with Crippen molar-refractivity contribution in [3.8, 4) is 0 Å². The molecule has 1 aromatic heterocycles. The first kappa shape index (κ1) is 11.3. The first-order valence-electron chi connectivity index (χ1n) is 6.05. The fraction of sp³-hybridized carbons (Fsp3) is 0.667. The average Bonchev–Trinajstić information content (AvgIpc) is 2.67. The van der Waals surface area contributed by atoms with E-state index >= 15 is 0 Å². The van der Waals surface area contributed by atoms with Gasteiger partial charge in [0.05, 0.1) is 17.6 Å². The van der Waals surface area contributed by atoms with Gasteiger partial charge in [0.25, 0.3) is 0 Å². The zero-order valence-electron chi connectivity index (χ0n) is 10.0. The predicted molar refractivity (Wildman–Crippen MR) is 65.4 cm³/mol. The molecule has 0 radical (unpaired) electrons. The highest BCUT2D eigenvalue weighted by atomic mass is 15.1. The molecule has 3 N–H and O–H groups in total. The van der Waals surface area contributed by atoms with Crippen molar-refractivity contribution < 1.29 is 0 Å². The molecule has 0 aliphatic heterocycles. The summed E-state index contributed by atoms with van der Waals surface area (Å²) in [5, 5.41) is 3.44. The number of nitrogens with zero attached hydrogens (tertiary/aromatic N) is 2. The molecule has 0 unspecified atom stereocenters. The Labute approximate surface area is 96.7 Å². The number of nitrogens with one attached hydrogen (secondary N) is 1. The van der Waals surface area contributed by atoms with E-state index in [1.54, 1.807) is 0 Å². The summed E-state index contributed by atoms with van der Waals surface area (Å²) in [6.45, 7) is 4.07. The Bertz CT molecular complexity index is 364. The lowest BCUT2D eigenvalue weighted by Crippen LogP contribution is -2.35. The zero-order chi connectivity index (χ0) is 11.5. The summed E-state index contributed by atoms with van der Waals surface area (Å²) < 4.78 is 0. The molecule has 1 heterocycles. The summed E-state index contributed by atoms with van der Waals surface area (Å²) in [6.07, 6.45) is 6.17. The lowest BCUT2D eigenvalue weighted by atomic mass is 10.2. The van der Waals surface area contributed by atoms with E-state index in [1.165, 1.54) is 6.42 Å². The van der Waals surface area contributed by atoms with Gasteiger partial charge in [-0.05, 0) is 32.6 Å². The predicted octanol–water partition coefficient (Wildman–Crippen LogP) is 1.64. The minimum atomic E-state index is 0.257. The topological polar surface area (TPSA) is 63.8 Å². The molecule has 0 saturated heterocycles. The van der Waals surface area contributed by atoms with Gasteiger partial charge in [-0.3, -0.25) is 4.98 Å². The Hall–Kier alpha value is -1.16. The number of aromatic nitrogens is 2. The largest absolute Gasteiger partial charge is 0.364 e. The lowest BCUT2D eigenvalue weighted by Gasteiger charge is -2.19. The van der Waals surface area contributed by atoms with Crippen molar-refractivity contribution in [3.05, 3.63) is 17.6 Å². The molecule has 2 atom stereocenters. The van der Waals surface area contributed by atoms with Gasteiger partial charge in [-0.15, -0.1) is 0 Å². The minimum Gasteiger partial charge on any atom is -0.364 e. The highest BCUT2D eigenvalue weighted by Gasteiger charge is 2.24. The summed E-state index contributed by atoms with van der Waals surface area (Å²) in [5.41, 5.74) is 8.05. The molecular weight excluding hydrogens is 200 g/mol. The van der Waals surface area contributed by atoms with Crippen molar-refractivity contribution in [3.63, 3.8) is 0 Å². The molecule has 0 bridgehead atoms. The molecule has 4 nitrogen and oxygen atoms in total. The van der Waals surface area contributed by atoms with E-state index in [-0.39, 0.29) is 6.04 Å². The SMILES string of the molecule is CCc1nc(C)cnc1N[C@H]1CCC[C@@H]1N. The Morgan fingerprint density at radius 1 is 1.50 bits per heavy atom. The molecular formula is C12H20N4. The standard InChI is InChI=1S/C12H20N4/c1-3-10-12(14-7-8(2)15-10)16-11-6-4-5-9(11)13/h7,9,11H,3-6,13H2,1-2H3,(H,14,16)/t9-,11-/m0/s1. The van der Waals surface area contributed by atoms with Crippen molar-refractivity contribution in [1.82, 2.24) is 9.97 Å². The third-order valence-electron chi connectivity index (χ3n) is 3.19. The summed E-state index contributed by atoms with van der Waals surface area (Å²) in [7, 11) is 0. The maximum Gasteiger partial charge on any atom is 0.148 e. The molecule has 1 saturated carbocycles. The van der Waals surface area contributed by atoms with Crippen LogP contribution in [-0.2, 0) is 6.42 Å². The molecule has 0 amide bonds. The maximum atomic E-state index is 6.04. The fourth-order valence-electron chi connectivity index (χ4n) is 2.24. The second-order valence-corrected chi connectivity index (χ2v) is 4.51. The molecule has 88 valence electrons. The van der Waals surface area contributed by atoms with Crippen LogP contribution in [0.2, 0.25) is 0 Å². The molecule has 0 spiro atoms. The van der Waals surface area contributed by atoms with Gasteiger partial charge in [-0.25, -0.2) is 4.98 Å². The van der Waals surface area contributed by atoms with Crippen LogP contribution in [-0.4, -0.2) is 22.1 Å². The monoisotopic (exact) mass is 220 g/mol. The third kappa shape index (κ3) is 2.32. The smallest absolute Gasteiger partial charge is 0.148 e. The molecule has 1 aliphatic carbocycles. The molecule has 1 fully saturated rings. The summed E-state index contributed by atoms with van der Waals surface area (Å²) in [5.74, 6) is 0.912. The van der Waals surface area contributed by atoms with Crippen molar-refractivity contribution in [2.45, 2.75) is 51.6 Å². The van der Waals surface area contributed by atoms with Crippen molar-refractivity contribution in [2.24, 2.45) is 5.73 Å². The van der Waals surface area contributed by atoms with Crippen LogP contribution in [0.15, 0.2) is 6.20 Å². The van der Waals surface area contributed by atoms with E-state index in [2.05, 4.69) is 22.2 Å². The number of aryl methyl sites for hydroxylation is 2. The first-order valence-corrected chi connectivity index (χ1v) is 6.05. The zero-order valence-corrected chi connectivity index (χ0v) is 10.0. The van der Waals surface area contributed by atoms with Gasteiger partial charge in [0.1, 0.15) is 5.82 Å². The number of rotatable bonds is 3. The Kier molecular flexibility index (Phi) is 3.39. The molecule has 4 heteroatoms. The Morgan fingerprint density at radius 2 is 2.31 bits per heavy atom. The Morgan fingerprint density at radius 3 is 2.94 bits per heavy atom. The van der Waals surface area contributed by atoms with Crippen LogP contribution in [0.4, 0.5) is 5.82 Å². The first-order chi connectivity index (χ1) is 7.70. The molecule has 0 aromatic carbocycles. The van der Waals surface area contributed by atoms with Gasteiger partial charge >= 0.3 is 0 Å². The summed E-state index contributed by atoms with van der Waals surface area (Å²) in [4.78, 5) is 8.91. The number of hydrogen-bond donors (Lipinski definition) is 2. The van der Waals surface area contributed by atoms with E-state index in [9.17, 15) is 0 Å². The second-order valence-electron chi connectivity index (χ2n) is 4.51. The lowest BCUT2D eigenvalue weighted by molar-refractivity contribution is 0.633. The summed E-state index contributed by atoms with van der Waals surface area (Å²) in [6, 6.07) is 0.620. The average molecular weight is 220 g/mol. The van der Waals surface area contributed by atoms with Gasteiger partial charge in [-0.1, -0.05) is 6.92 Å². The third-order valence-corrected chi connectivity index (χ3v) is 3.19. The van der Waals surface area contributed by atoms with Crippen LogP contribution in [0.25, 0.3) is 0 Å². The van der Waals surface area contributed by atoms with Crippen LogP contribution < -0.4 is 11.1 Å². The molecule has 2 rings (SSSR count). The number of hydrogen-bond acceptors (Lipinski definition) is 4. The van der Waals surface area contributed by atoms with Gasteiger partial charge < -0.3 is 11.1 Å². The minimum absolute atomic E-state index is 0.257. The molecule has 1 aliphatic rings. The Balaban J connectivity index is 2.14. The number of nitrogens with two attached hydrogens (primary N) is 1. The van der Waals surface area contributed by atoms with Crippen molar-refractivity contribution in [1.29, 1.82) is 0 Å².